The fourth-order valence-electron chi connectivity index (χ4n) is 1.49. The molecular weight excluding hydrogens is 267 g/mol. The van der Waals surface area contributed by atoms with Crippen molar-refractivity contribution in [1.29, 1.82) is 0 Å². The van der Waals surface area contributed by atoms with E-state index in [4.69, 9.17) is 10.8 Å². The molecule has 4 N–H and O–H groups in total. The third-order valence-electron chi connectivity index (χ3n) is 2.40. The number of primary amides is 1. The number of carbonyl (C=O) groups excluding carboxylic acids is 1. The third-order valence-corrected chi connectivity index (χ3v) is 2.40. The zero-order valence-electron chi connectivity index (χ0n) is 10.0. The van der Waals surface area contributed by atoms with E-state index in [2.05, 4.69) is 15.3 Å². The van der Waals surface area contributed by atoms with Gasteiger partial charge in [0.1, 0.15) is 5.82 Å². The average Bonchev–Trinajstić information content (AvgIpc) is 2.41. The lowest BCUT2D eigenvalue weighted by Crippen LogP contribution is -2.16. The maximum atomic E-state index is 13.7. The number of nitrogens with zero attached hydrogens (tertiary/aromatic N) is 2. The topological polar surface area (TPSA) is 118 Å². The van der Waals surface area contributed by atoms with Gasteiger partial charge in [-0.2, -0.15) is 0 Å². The van der Waals surface area contributed by atoms with Crippen LogP contribution in [0, 0.1) is 5.82 Å². The number of aromatic nitrogens is 2. The lowest BCUT2D eigenvalue weighted by atomic mass is 10.2. The molecule has 0 unspecified atom stereocenters. The molecule has 0 spiro atoms. The molecule has 0 atom stereocenters. The van der Waals surface area contributed by atoms with Gasteiger partial charge in [0.05, 0.1) is 11.3 Å². The number of hydrogen-bond donors (Lipinski definition) is 3. The van der Waals surface area contributed by atoms with Crippen LogP contribution in [0.2, 0.25) is 0 Å². The Morgan fingerprint density at radius 3 is 2.55 bits per heavy atom. The number of nitrogens with two attached hydrogens (primary N) is 1. The molecule has 0 aliphatic carbocycles. The molecule has 0 aliphatic rings. The molecule has 8 heteroatoms. The molecule has 2 rings (SSSR count). The monoisotopic (exact) mass is 276 g/mol. The van der Waals surface area contributed by atoms with Gasteiger partial charge in [0.2, 0.25) is 0 Å². The number of hydrogen-bond acceptors (Lipinski definition) is 5. The highest BCUT2D eigenvalue weighted by Crippen LogP contribution is 2.21. The maximum Gasteiger partial charge on any atom is 0.335 e. The molecule has 2 aromatic rings. The molecule has 20 heavy (non-hydrogen) atoms. The van der Waals surface area contributed by atoms with E-state index < -0.39 is 17.7 Å². The summed E-state index contributed by atoms with van der Waals surface area (Å²) in [6.45, 7) is 0. The van der Waals surface area contributed by atoms with Gasteiger partial charge in [0, 0.05) is 12.4 Å². The largest absolute Gasteiger partial charge is 0.478 e. The lowest BCUT2D eigenvalue weighted by molar-refractivity contribution is 0.0696. The van der Waals surface area contributed by atoms with Gasteiger partial charge in [-0.15, -0.1) is 0 Å². The first-order valence-electron chi connectivity index (χ1n) is 5.39. The Bertz CT molecular complexity index is 690. The van der Waals surface area contributed by atoms with Crippen LogP contribution in [0.5, 0.6) is 0 Å². The highest BCUT2D eigenvalue weighted by Gasteiger charge is 2.14. The number of nitrogens with one attached hydrogen (secondary N) is 1. The second-order valence-corrected chi connectivity index (χ2v) is 3.74. The number of carboxylic acid groups (broad SMARTS) is 1. The van der Waals surface area contributed by atoms with Crippen LogP contribution in [-0.4, -0.2) is 27.0 Å². The van der Waals surface area contributed by atoms with Gasteiger partial charge in [-0.3, -0.25) is 4.79 Å². The minimum Gasteiger partial charge on any atom is -0.478 e. The van der Waals surface area contributed by atoms with E-state index in [9.17, 15) is 14.0 Å². The molecule has 0 aliphatic heterocycles. The number of amides is 1. The second kappa shape index (κ2) is 5.31. The Hall–Kier alpha value is -3.03. The summed E-state index contributed by atoms with van der Waals surface area (Å²) in [5.41, 5.74) is 4.74. The van der Waals surface area contributed by atoms with Crippen LogP contribution in [0.4, 0.5) is 15.9 Å². The molecule has 1 amide bonds. The van der Waals surface area contributed by atoms with Gasteiger partial charge in [-0.05, 0) is 18.2 Å². The quantitative estimate of drug-likeness (QED) is 0.771. The molecule has 0 radical (unpaired) electrons. The molecule has 0 saturated carbocycles. The second-order valence-electron chi connectivity index (χ2n) is 3.74. The summed E-state index contributed by atoms with van der Waals surface area (Å²) in [5.74, 6) is -2.87. The lowest BCUT2D eigenvalue weighted by Gasteiger charge is -2.09. The first-order valence-corrected chi connectivity index (χ1v) is 5.39. The van der Waals surface area contributed by atoms with Crippen molar-refractivity contribution in [3.05, 3.63) is 47.7 Å². The maximum absolute atomic E-state index is 13.7. The standard InChI is InChI=1S/C12H9FN4O3/c13-7-5-6(12(19)20)1-2-8(7)17-11-9(10(14)18)15-3-4-16-11/h1-5H,(H2,14,18)(H,16,17)(H,19,20). The van der Waals surface area contributed by atoms with Crippen LogP contribution in [0.25, 0.3) is 0 Å². The van der Waals surface area contributed by atoms with E-state index in [0.29, 0.717) is 0 Å². The summed E-state index contributed by atoms with van der Waals surface area (Å²) in [7, 11) is 0. The van der Waals surface area contributed by atoms with Gasteiger partial charge in [-0.25, -0.2) is 19.2 Å². The normalized spacial score (nSPS) is 10.1. The molecule has 1 heterocycles. The zero-order valence-corrected chi connectivity index (χ0v) is 10.0. The van der Waals surface area contributed by atoms with E-state index >= 15 is 0 Å². The van der Waals surface area contributed by atoms with Crippen LogP contribution in [0.15, 0.2) is 30.6 Å². The molecular formula is C12H9FN4O3. The number of aromatic carboxylic acids is 1. The molecule has 0 bridgehead atoms. The van der Waals surface area contributed by atoms with Crippen LogP contribution >= 0.6 is 0 Å². The van der Waals surface area contributed by atoms with E-state index in [0.717, 1.165) is 6.07 Å². The minimum atomic E-state index is -1.24. The van der Waals surface area contributed by atoms with Crippen molar-refractivity contribution < 1.29 is 19.1 Å². The number of anilines is 2. The highest BCUT2D eigenvalue weighted by atomic mass is 19.1. The average molecular weight is 276 g/mol. The van der Waals surface area contributed by atoms with Crippen molar-refractivity contribution in [3.8, 4) is 0 Å². The van der Waals surface area contributed by atoms with E-state index in [1.807, 2.05) is 0 Å². The number of carboxylic acids is 1. The Morgan fingerprint density at radius 1 is 1.25 bits per heavy atom. The highest BCUT2D eigenvalue weighted by molar-refractivity contribution is 5.96. The van der Waals surface area contributed by atoms with Crippen molar-refractivity contribution >= 4 is 23.4 Å². The van der Waals surface area contributed by atoms with Crippen molar-refractivity contribution in [2.24, 2.45) is 5.73 Å². The zero-order chi connectivity index (χ0) is 14.7. The Balaban J connectivity index is 2.36. The summed E-state index contributed by atoms with van der Waals surface area (Å²) in [4.78, 5) is 29.4. The Kier molecular flexibility index (Phi) is 3.56. The van der Waals surface area contributed by atoms with Crippen LogP contribution in [0.1, 0.15) is 20.8 Å². The Labute approximate surface area is 112 Å². The molecule has 0 fully saturated rings. The van der Waals surface area contributed by atoms with Crippen LogP contribution in [-0.2, 0) is 0 Å². The van der Waals surface area contributed by atoms with Crippen molar-refractivity contribution in [2.45, 2.75) is 0 Å². The fourth-order valence-corrected chi connectivity index (χ4v) is 1.49. The summed E-state index contributed by atoms with van der Waals surface area (Å²) >= 11 is 0. The van der Waals surface area contributed by atoms with Crippen molar-refractivity contribution in [2.75, 3.05) is 5.32 Å². The van der Waals surface area contributed by atoms with Gasteiger partial charge < -0.3 is 16.2 Å². The van der Waals surface area contributed by atoms with Crippen LogP contribution in [0.3, 0.4) is 0 Å². The summed E-state index contributed by atoms with van der Waals surface area (Å²) in [6, 6.07) is 3.29. The molecule has 1 aromatic carbocycles. The first kappa shape index (κ1) is 13.4. The van der Waals surface area contributed by atoms with E-state index in [1.54, 1.807) is 0 Å². The van der Waals surface area contributed by atoms with Gasteiger partial charge in [-0.1, -0.05) is 0 Å². The van der Waals surface area contributed by atoms with Crippen molar-refractivity contribution in [1.82, 2.24) is 9.97 Å². The Morgan fingerprint density at radius 2 is 1.95 bits per heavy atom. The SMILES string of the molecule is NC(=O)c1nccnc1Nc1ccc(C(=O)O)cc1F. The summed E-state index contributed by atoms with van der Waals surface area (Å²) in [5, 5.41) is 11.3. The van der Waals surface area contributed by atoms with Crippen molar-refractivity contribution in [3.63, 3.8) is 0 Å². The number of halogens is 1. The number of benzene rings is 1. The van der Waals surface area contributed by atoms with Crippen LogP contribution < -0.4 is 11.1 Å². The molecule has 7 nitrogen and oxygen atoms in total. The summed E-state index contributed by atoms with van der Waals surface area (Å²) < 4.78 is 13.7. The molecule has 1 aromatic heterocycles. The van der Waals surface area contributed by atoms with Gasteiger partial charge in [0.15, 0.2) is 11.5 Å². The number of rotatable bonds is 4. The van der Waals surface area contributed by atoms with Gasteiger partial charge in [0.25, 0.3) is 5.91 Å². The smallest absolute Gasteiger partial charge is 0.335 e. The number of carbonyl (C=O) groups is 2. The first-order chi connectivity index (χ1) is 9.49. The fraction of sp³-hybridized carbons (Fsp3) is 0. The third kappa shape index (κ3) is 2.69. The molecule has 0 saturated heterocycles. The predicted octanol–water partition coefficient (Wildman–Crippen LogP) is 1.16. The van der Waals surface area contributed by atoms with E-state index in [1.165, 1.54) is 24.5 Å². The summed E-state index contributed by atoms with van der Waals surface area (Å²) in [6.07, 6.45) is 2.58. The van der Waals surface area contributed by atoms with Gasteiger partial charge >= 0.3 is 5.97 Å². The van der Waals surface area contributed by atoms with E-state index in [-0.39, 0.29) is 22.8 Å². The predicted molar refractivity (Wildman–Crippen MR) is 67.2 cm³/mol. The minimum absolute atomic E-state index is 0.0121. The molecule has 102 valence electrons.